The van der Waals surface area contributed by atoms with E-state index in [-0.39, 0.29) is 11.3 Å². The molecule has 0 unspecified atom stereocenters. The molecular weight excluding hydrogens is 192 g/mol. The molecule has 2 fully saturated rings. The first-order valence-electron chi connectivity index (χ1n) is 5.74. The largest absolute Gasteiger partial charge is 0.347 e. The lowest BCUT2D eigenvalue weighted by Crippen LogP contribution is -2.44. The minimum absolute atomic E-state index is 0.0668. The first-order valence-corrected chi connectivity index (χ1v) is 5.74. The molecule has 2 rings (SSSR count). The highest BCUT2D eigenvalue weighted by atomic mass is 16.7. The molecule has 3 heteroatoms. The number of hydrogen-bond acceptors (Lipinski definition) is 3. The maximum atomic E-state index is 12.0. The van der Waals surface area contributed by atoms with E-state index in [4.69, 9.17) is 9.47 Å². The number of ether oxygens (including phenoxy) is 2. The van der Waals surface area contributed by atoms with Gasteiger partial charge in [-0.2, -0.15) is 0 Å². The van der Waals surface area contributed by atoms with Gasteiger partial charge in [-0.3, -0.25) is 4.79 Å². The Morgan fingerprint density at radius 3 is 2.33 bits per heavy atom. The summed E-state index contributed by atoms with van der Waals surface area (Å²) in [5.41, 5.74) is 0.0668. The molecule has 1 saturated carbocycles. The van der Waals surface area contributed by atoms with Crippen LogP contribution in [-0.2, 0) is 14.3 Å². The van der Waals surface area contributed by atoms with E-state index in [0.29, 0.717) is 25.4 Å². The first kappa shape index (κ1) is 11.1. The molecule has 1 aliphatic heterocycles. The highest BCUT2D eigenvalue weighted by Crippen LogP contribution is 2.42. The smallest absolute Gasteiger partial charge is 0.175 e. The van der Waals surface area contributed by atoms with Crippen molar-refractivity contribution in [3.05, 3.63) is 0 Å². The molecule has 0 N–H and O–H groups in total. The molecule has 15 heavy (non-hydrogen) atoms. The van der Waals surface area contributed by atoms with Crippen LogP contribution >= 0.6 is 0 Å². The standard InChI is InChI=1S/C12H20O3/c1-11(2,3)9-4-5-12(8-10(9)13)14-6-7-15-12/h9H,4-8H2,1-3H3/t9-/m1/s1. The molecule has 0 amide bonds. The molecule has 0 radical (unpaired) electrons. The average Bonchev–Trinajstić information content (AvgIpc) is 2.50. The third-order valence-corrected chi connectivity index (χ3v) is 3.51. The van der Waals surface area contributed by atoms with E-state index in [1.807, 2.05) is 0 Å². The molecule has 1 spiro atoms. The van der Waals surface area contributed by atoms with Gasteiger partial charge in [-0.25, -0.2) is 0 Å². The summed E-state index contributed by atoms with van der Waals surface area (Å²) in [5.74, 6) is -0.0923. The maximum absolute atomic E-state index is 12.0. The van der Waals surface area contributed by atoms with Crippen LogP contribution in [0.15, 0.2) is 0 Å². The molecule has 1 atom stereocenters. The van der Waals surface area contributed by atoms with Gasteiger partial charge in [0.15, 0.2) is 5.79 Å². The van der Waals surface area contributed by atoms with Crippen molar-refractivity contribution in [2.24, 2.45) is 11.3 Å². The fraction of sp³-hybridized carbons (Fsp3) is 0.917. The van der Waals surface area contributed by atoms with Crippen LogP contribution in [0.5, 0.6) is 0 Å². The Balaban J connectivity index is 2.06. The summed E-state index contributed by atoms with van der Waals surface area (Å²) in [6.07, 6.45) is 2.19. The predicted molar refractivity (Wildman–Crippen MR) is 56.4 cm³/mol. The van der Waals surface area contributed by atoms with E-state index in [2.05, 4.69) is 20.8 Å². The van der Waals surface area contributed by atoms with Gasteiger partial charge in [-0.1, -0.05) is 20.8 Å². The highest BCUT2D eigenvalue weighted by Gasteiger charge is 2.47. The second-order valence-corrected chi connectivity index (χ2v) is 5.71. The highest BCUT2D eigenvalue weighted by molar-refractivity contribution is 5.83. The summed E-state index contributed by atoms with van der Waals surface area (Å²) in [7, 11) is 0. The van der Waals surface area contributed by atoms with Gasteiger partial charge in [0.25, 0.3) is 0 Å². The lowest BCUT2D eigenvalue weighted by Gasteiger charge is -2.39. The third-order valence-electron chi connectivity index (χ3n) is 3.51. The van der Waals surface area contributed by atoms with Crippen LogP contribution in [0.25, 0.3) is 0 Å². The SMILES string of the molecule is CC(C)(C)[C@@H]1CCC2(CC1=O)OCCO2. The lowest BCUT2D eigenvalue weighted by atomic mass is 9.70. The van der Waals surface area contributed by atoms with Crippen molar-refractivity contribution in [3.63, 3.8) is 0 Å². The molecule has 1 aliphatic carbocycles. The number of carbonyl (C=O) groups is 1. The van der Waals surface area contributed by atoms with Gasteiger partial charge in [-0.05, 0) is 11.8 Å². The Hall–Kier alpha value is -0.410. The minimum atomic E-state index is -0.557. The lowest BCUT2D eigenvalue weighted by molar-refractivity contribution is -0.189. The predicted octanol–water partition coefficient (Wildman–Crippen LogP) is 2.14. The quantitative estimate of drug-likeness (QED) is 0.617. The van der Waals surface area contributed by atoms with Gasteiger partial charge in [0.1, 0.15) is 5.78 Å². The van der Waals surface area contributed by atoms with Crippen LogP contribution in [0.2, 0.25) is 0 Å². The zero-order valence-corrected chi connectivity index (χ0v) is 9.84. The van der Waals surface area contributed by atoms with Crippen molar-refractivity contribution < 1.29 is 14.3 Å². The molecule has 2 aliphatic rings. The summed E-state index contributed by atoms with van der Waals surface area (Å²) < 4.78 is 11.1. The van der Waals surface area contributed by atoms with Gasteiger partial charge < -0.3 is 9.47 Å². The van der Waals surface area contributed by atoms with Gasteiger partial charge in [0.2, 0.25) is 0 Å². The van der Waals surface area contributed by atoms with Gasteiger partial charge in [-0.15, -0.1) is 0 Å². The summed E-state index contributed by atoms with van der Waals surface area (Å²) in [4.78, 5) is 12.0. The Morgan fingerprint density at radius 1 is 1.27 bits per heavy atom. The third kappa shape index (κ3) is 2.08. The molecule has 1 saturated heterocycles. The molecule has 0 bridgehead atoms. The van der Waals surface area contributed by atoms with Crippen LogP contribution in [0.4, 0.5) is 0 Å². The van der Waals surface area contributed by atoms with E-state index < -0.39 is 5.79 Å². The van der Waals surface area contributed by atoms with Gasteiger partial charge in [0, 0.05) is 12.3 Å². The van der Waals surface area contributed by atoms with Crippen LogP contribution in [0, 0.1) is 11.3 Å². The monoisotopic (exact) mass is 212 g/mol. The molecule has 3 nitrogen and oxygen atoms in total. The fourth-order valence-electron chi connectivity index (χ4n) is 2.66. The fourth-order valence-corrected chi connectivity index (χ4v) is 2.66. The van der Waals surface area contributed by atoms with E-state index in [0.717, 1.165) is 12.8 Å². The van der Waals surface area contributed by atoms with E-state index in [1.54, 1.807) is 0 Å². The summed E-state index contributed by atoms with van der Waals surface area (Å²) in [5, 5.41) is 0. The Morgan fingerprint density at radius 2 is 1.87 bits per heavy atom. The summed E-state index contributed by atoms with van der Waals surface area (Å²) in [6, 6.07) is 0. The van der Waals surface area contributed by atoms with Crippen molar-refractivity contribution in [2.45, 2.75) is 45.8 Å². The van der Waals surface area contributed by atoms with E-state index >= 15 is 0 Å². The number of carbonyl (C=O) groups excluding carboxylic acids is 1. The first-order chi connectivity index (χ1) is 6.93. The number of hydrogen-bond donors (Lipinski definition) is 0. The molecule has 0 aromatic rings. The van der Waals surface area contributed by atoms with E-state index in [9.17, 15) is 4.79 Å². The minimum Gasteiger partial charge on any atom is -0.347 e. The van der Waals surface area contributed by atoms with Crippen LogP contribution in [0.3, 0.4) is 0 Å². The molecule has 1 heterocycles. The zero-order chi connectivity index (χ0) is 11.1. The van der Waals surface area contributed by atoms with Crippen molar-refractivity contribution in [1.29, 1.82) is 0 Å². The van der Waals surface area contributed by atoms with Crippen LogP contribution < -0.4 is 0 Å². The maximum Gasteiger partial charge on any atom is 0.175 e. The normalized spacial score (nSPS) is 31.1. The second-order valence-electron chi connectivity index (χ2n) is 5.71. The molecular formula is C12H20O3. The summed E-state index contributed by atoms with van der Waals surface area (Å²) in [6.45, 7) is 7.65. The van der Waals surface area contributed by atoms with Crippen molar-refractivity contribution in [2.75, 3.05) is 13.2 Å². The van der Waals surface area contributed by atoms with Crippen LogP contribution in [-0.4, -0.2) is 24.8 Å². The zero-order valence-electron chi connectivity index (χ0n) is 9.84. The number of ketones is 1. The summed E-state index contributed by atoms with van der Waals surface area (Å²) >= 11 is 0. The molecule has 0 aromatic heterocycles. The number of rotatable bonds is 0. The Kier molecular flexibility index (Phi) is 2.63. The average molecular weight is 212 g/mol. The van der Waals surface area contributed by atoms with Crippen LogP contribution in [0.1, 0.15) is 40.0 Å². The number of Topliss-reactive ketones (excluding diaryl/α,β-unsaturated/α-hetero) is 1. The molecule has 86 valence electrons. The Labute approximate surface area is 91.1 Å². The van der Waals surface area contributed by atoms with Gasteiger partial charge in [0.05, 0.1) is 19.6 Å². The van der Waals surface area contributed by atoms with Gasteiger partial charge >= 0.3 is 0 Å². The van der Waals surface area contributed by atoms with Crippen molar-refractivity contribution >= 4 is 5.78 Å². The Bertz CT molecular complexity index is 259. The van der Waals surface area contributed by atoms with Crippen molar-refractivity contribution in [3.8, 4) is 0 Å². The topological polar surface area (TPSA) is 35.5 Å². The van der Waals surface area contributed by atoms with E-state index in [1.165, 1.54) is 0 Å². The van der Waals surface area contributed by atoms with Crippen molar-refractivity contribution in [1.82, 2.24) is 0 Å². The molecule has 0 aromatic carbocycles. The second kappa shape index (κ2) is 3.56.